The number of aliphatic carboxylic acids is 1. The van der Waals surface area contributed by atoms with E-state index in [4.69, 9.17) is 9.52 Å². The van der Waals surface area contributed by atoms with Crippen LogP contribution in [0.15, 0.2) is 23.0 Å². The van der Waals surface area contributed by atoms with Crippen molar-refractivity contribution in [3.8, 4) is 0 Å². The summed E-state index contributed by atoms with van der Waals surface area (Å²) >= 11 is 0. The first-order valence-electron chi connectivity index (χ1n) is 5.84. The largest absolute Gasteiger partial charge is 0.480 e. The number of hydrogen-bond donors (Lipinski definition) is 2. The van der Waals surface area contributed by atoms with E-state index in [1.165, 1.54) is 23.5 Å². The van der Waals surface area contributed by atoms with Gasteiger partial charge in [0.15, 0.2) is 0 Å². The highest BCUT2D eigenvalue weighted by Gasteiger charge is 2.15. The molecule has 0 aromatic carbocycles. The van der Waals surface area contributed by atoms with Crippen molar-refractivity contribution >= 4 is 17.8 Å². The van der Waals surface area contributed by atoms with Crippen molar-refractivity contribution < 1.29 is 23.9 Å². The molecule has 0 atom stereocenters. The van der Waals surface area contributed by atoms with Gasteiger partial charge in [-0.1, -0.05) is 0 Å². The Bertz CT molecular complexity index is 441. The monoisotopic (exact) mass is 268 g/mol. The minimum absolute atomic E-state index is 0.0602. The van der Waals surface area contributed by atoms with Crippen LogP contribution in [0.3, 0.4) is 0 Å². The van der Waals surface area contributed by atoms with Gasteiger partial charge in [0.2, 0.25) is 5.91 Å². The van der Waals surface area contributed by atoms with Gasteiger partial charge in [0, 0.05) is 19.5 Å². The summed E-state index contributed by atoms with van der Waals surface area (Å²) in [6, 6.07) is 1.51. The van der Waals surface area contributed by atoms with Gasteiger partial charge in [0.05, 0.1) is 11.8 Å². The third-order valence-electron chi connectivity index (χ3n) is 2.47. The number of rotatable bonds is 7. The maximum atomic E-state index is 11.7. The molecule has 7 heteroatoms. The number of carboxylic acid groups (broad SMARTS) is 1. The number of nitrogens with zero attached hydrogens (tertiary/aromatic N) is 1. The van der Waals surface area contributed by atoms with E-state index >= 15 is 0 Å². The van der Waals surface area contributed by atoms with Crippen LogP contribution in [0.25, 0.3) is 0 Å². The molecule has 19 heavy (non-hydrogen) atoms. The zero-order chi connectivity index (χ0) is 14.3. The maximum absolute atomic E-state index is 11.7. The molecular weight excluding hydrogens is 252 g/mol. The minimum atomic E-state index is -1.06. The fraction of sp³-hybridized carbons (Fsp3) is 0.417. The lowest BCUT2D eigenvalue weighted by atomic mass is 10.3. The van der Waals surface area contributed by atoms with E-state index in [0.29, 0.717) is 12.1 Å². The van der Waals surface area contributed by atoms with Gasteiger partial charge in [-0.15, -0.1) is 0 Å². The number of furan rings is 1. The molecule has 1 aromatic heterocycles. The molecule has 1 rings (SSSR count). The van der Waals surface area contributed by atoms with Crippen molar-refractivity contribution in [1.29, 1.82) is 0 Å². The van der Waals surface area contributed by atoms with Gasteiger partial charge in [-0.25, -0.2) is 0 Å². The maximum Gasteiger partial charge on any atom is 0.323 e. The standard InChI is InChI=1S/C12H16N2O5/c1-2-14(7-11(16)17)10(15)3-5-13-12(18)9-4-6-19-8-9/h4,6,8H,2-3,5,7H2,1H3,(H,13,18)(H,16,17). The fourth-order valence-electron chi connectivity index (χ4n) is 1.48. The lowest BCUT2D eigenvalue weighted by molar-refractivity contribution is -0.144. The molecule has 0 bridgehead atoms. The van der Waals surface area contributed by atoms with Crippen LogP contribution in [0, 0.1) is 0 Å². The van der Waals surface area contributed by atoms with Crippen molar-refractivity contribution in [3.05, 3.63) is 24.2 Å². The smallest absolute Gasteiger partial charge is 0.323 e. The third kappa shape index (κ3) is 4.82. The van der Waals surface area contributed by atoms with E-state index in [-0.39, 0.29) is 31.3 Å². The summed E-state index contributed by atoms with van der Waals surface area (Å²) in [6.07, 6.45) is 2.75. The predicted octanol–water partition coefficient (Wildman–Crippen LogP) is 0.333. The Hall–Kier alpha value is -2.31. The summed E-state index contributed by atoms with van der Waals surface area (Å²) in [4.78, 5) is 34.9. The zero-order valence-corrected chi connectivity index (χ0v) is 10.6. The molecule has 0 spiro atoms. The Kier molecular flexibility index (Phi) is 5.59. The lowest BCUT2D eigenvalue weighted by Crippen LogP contribution is -2.37. The Labute approximate surface area is 110 Å². The average molecular weight is 268 g/mol. The Morgan fingerprint density at radius 3 is 2.68 bits per heavy atom. The summed E-state index contributed by atoms with van der Waals surface area (Å²) in [7, 11) is 0. The van der Waals surface area contributed by atoms with E-state index in [1.807, 2.05) is 0 Å². The highest BCUT2D eigenvalue weighted by Crippen LogP contribution is 1.99. The zero-order valence-electron chi connectivity index (χ0n) is 10.6. The topological polar surface area (TPSA) is 99.9 Å². The molecule has 1 aromatic rings. The quantitative estimate of drug-likeness (QED) is 0.742. The van der Waals surface area contributed by atoms with E-state index in [1.54, 1.807) is 6.92 Å². The molecular formula is C12H16N2O5. The van der Waals surface area contributed by atoms with E-state index in [9.17, 15) is 14.4 Å². The van der Waals surface area contributed by atoms with Gasteiger partial charge >= 0.3 is 5.97 Å². The molecule has 0 radical (unpaired) electrons. The number of hydrogen-bond acceptors (Lipinski definition) is 4. The number of amides is 2. The Morgan fingerprint density at radius 1 is 1.42 bits per heavy atom. The molecule has 1 heterocycles. The van der Waals surface area contributed by atoms with Crippen LogP contribution in [0.5, 0.6) is 0 Å². The van der Waals surface area contributed by atoms with Crippen LogP contribution in [0.4, 0.5) is 0 Å². The van der Waals surface area contributed by atoms with Crippen LogP contribution >= 0.6 is 0 Å². The third-order valence-corrected chi connectivity index (χ3v) is 2.47. The highest BCUT2D eigenvalue weighted by atomic mass is 16.4. The molecule has 104 valence electrons. The van der Waals surface area contributed by atoms with Crippen LogP contribution < -0.4 is 5.32 Å². The second kappa shape index (κ2) is 7.20. The van der Waals surface area contributed by atoms with Crippen molar-refractivity contribution in [2.45, 2.75) is 13.3 Å². The molecule has 0 unspecified atom stereocenters. The van der Waals surface area contributed by atoms with Crippen LogP contribution in [-0.4, -0.2) is 47.4 Å². The summed E-state index contributed by atoms with van der Waals surface area (Å²) in [5, 5.41) is 11.2. The predicted molar refractivity (Wildman–Crippen MR) is 65.5 cm³/mol. The molecule has 0 saturated carbocycles. The van der Waals surface area contributed by atoms with Crippen LogP contribution in [-0.2, 0) is 9.59 Å². The van der Waals surface area contributed by atoms with E-state index in [2.05, 4.69) is 5.32 Å². The van der Waals surface area contributed by atoms with Crippen molar-refractivity contribution in [2.75, 3.05) is 19.6 Å². The molecule has 2 N–H and O–H groups in total. The van der Waals surface area contributed by atoms with Crippen LogP contribution in [0.2, 0.25) is 0 Å². The molecule has 0 aliphatic carbocycles. The first-order chi connectivity index (χ1) is 9.04. The number of nitrogens with one attached hydrogen (secondary N) is 1. The first kappa shape index (κ1) is 14.7. The van der Waals surface area contributed by atoms with Gasteiger partial charge in [-0.3, -0.25) is 14.4 Å². The minimum Gasteiger partial charge on any atom is -0.480 e. The molecule has 0 aliphatic rings. The SMILES string of the molecule is CCN(CC(=O)O)C(=O)CCNC(=O)c1ccoc1. The summed E-state index contributed by atoms with van der Waals surface area (Å²) in [5.41, 5.74) is 0.380. The molecule has 0 fully saturated rings. The van der Waals surface area contributed by atoms with E-state index in [0.717, 1.165) is 0 Å². The summed E-state index contributed by atoms with van der Waals surface area (Å²) < 4.78 is 4.76. The van der Waals surface area contributed by atoms with Gasteiger partial charge in [0.1, 0.15) is 12.8 Å². The van der Waals surface area contributed by atoms with Gasteiger partial charge in [-0.05, 0) is 13.0 Å². The Morgan fingerprint density at radius 2 is 2.16 bits per heavy atom. The van der Waals surface area contributed by atoms with Crippen molar-refractivity contribution in [2.24, 2.45) is 0 Å². The molecule has 0 aliphatic heterocycles. The van der Waals surface area contributed by atoms with Crippen molar-refractivity contribution in [1.82, 2.24) is 10.2 Å². The second-order valence-corrected chi connectivity index (χ2v) is 3.82. The van der Waals surface area contributed by atoms with Gasteiger partial charge in [-0.2, -0.15) is 0 Å². The first-order valence-corrected chi connectivity index (χ1v) is 5.84. The number of likely N-dealkylation sites (N-methyl/N-ethyl adjacent to an activating group) is 1. The molecule has 2 amide bonds. The van der Waals surface area contributed by atoms with Gasteiger partial charge in [0.25, 0.3) is 5.91 Å². The lowest BCUT2D eigenvalue weighted by Gasteiger charge is -2.18. The average Bonchev–Trinajstić information content (AvgIpc) is 2.89. The number of carboxylic acids is 1. The fourth-order valence-corrected chi connectivity index (χ4v) is 1.48. The summed E-state index contributed by atoms with van der Waals surface area (Å²) in [5.74, 6) is -1.70. The van der Waals surface area contributed by atoms with Crippen LogP contribution in [0.1, 0.15) is 23.7 Å². The summed E-state index contributed by atoms with van der Waals surface area (Å²) in [6.45, 7) is 1.84. The molecule has 7 nitrogen and oxygen atoms in total. The Balaban J connectivity index is 2.33. The van der Waals surface area contributed by atoms with Gasteiger partial charge < -0.3 is 19.7 Å². The van der Waals surface area contributed by atoms with Crippen molar-refractivity contribution in [3.63, 3.8) is 0 Å². The van der Waals surface area contributed by atoms with E-state index < -0.39 is 5.97 Å². The highest BCUT2D eigenvalue weighted by molar-refractivity contribution is 5.94. The number of carbonyl (C=O) groups is 3. The number of carbonyl (C=O) groups excluding carboxylic acids is 2. The molecule has 0 saturated heterocycles. The second-order valence-electron chi connectivity index (χ2n) is 3.82. The normalized spacial score (nSPS) is 9.95.